The molecule has 0 saturated heterocycles. The van der Waals surface area contributed by atoms with Gasteiger partial charge in [0, 0.05) is 35.3 Å². The van der Waals surface area contributed by atoms with Crippen LogP contribution in [0.1, 0.15) is 111 Å². The molecule has 1 heterocycles. The monoisotopic (exact) mass is 731 g/mol. The van der Waals surface area contributed by atoms with Gasteiger partial charge < -0.3 is 10.2 Å². The van der Waals surface area contributed by atoms with E-state index in [-0.39, 0.29) is 23.4 Å². The van der Waals surface area contributed by atoms with Crippen LogP contribution in [0, 0.1) is 5.92 Å². The third-order valence-corrected chi connectivity index (χ3v) is 13.7. The van der Waals surface area contributed by atoms with Gasteiger partial charge >= 0.3 is 0 Å². The predicted molar refractivity (Wildman–Crippen MR) is 236 cm³/mol. The van der Waals surface area contributed by atoms with Crippen molar-refractivity contribution in [2.45, 2.75) is 89.6 Å². The van der Waals surface area contributed by atoms with E-state index in [2.05, 4.69) is 165 Å². The van der Waals surface area contributed by atoms with E-state index in [1.807, 2.05) is 0 Å². The molecule has 280 valence electrons. The molecule has 10 rings (SSSR count). The van der Waals surface area contributed by atoms with Crippen LogP contribution in [0.2, 0.25) is 0 Å². The minimum atomic E-state index is -0.123. The average Bonchev–Trinajstić information content (AvgIpc) is 3.49. The number of likely N-dealkylation sites (N-methyl/N-ethyl adjacent to an activating group) is 1. The van der Waals surface area contributed by atoms with Crippen molar-refractivity contribution in [3.8, 4) is 0 Å². The van der Waals surface area contributed by atoms with Gasteiger partial charge in [-0.1, -0.05) is 136 Å². The quantitative estimate of drug-likeness (QED) is 0.214. The van der Waals surface area contributed by atoms with Gasteiger partial charge in [-0.15, -0.1) is 0 Å². The zero-order valence-corrected chi connectivity index (χ0v) is 33.4. The Hall–Kier alpha value is -5.41. The maximum absolute atomic E-state index is 5.51. The molecule has 4 aromatic carbocycles. The summed E-state index contributed by atoms with van der Waals surface area (Å²) in [6.07, 6.45) is 20.9. The van der Waals surface area contributed by atoms with Crippen molar-refractivity contribution in [2.24, 2.45) is 10.9 Å². The first-order valence-corrected chi connectivity index (χ1v) is 21.1. The smallest absolute Gasteiger partial charge is 0.129 e. The van der Waals surface area contributed by atoms with Crippen molar-refractivity contribution in [1.82, 2.24) is 5.32 Å². The first-order chi connectivity index (χ1) is 27.4. The minimum Gasteiger partial charge on any atom is -0.363 e. The third kappa shape index (κ3) is 5.81. The van der Waals surface area contributed by atoms with Gasteiger partial charge in [-0.05, 0) is 131 Å². The van der Waals surface area contributed by atoms with E-state index in [4.69, 9.17) is 4.99 Å². The maximum Gasteiger partial charge on any atom is 0.129 e. The molecule has 56 heavy (non-hydrogen) atoms. The summed E-state index contributed by atoms with van der Waals surface area (Å²) in [7, 11) is 2.32. The van der Waals surface area contributed by atoms with Crippen LogP contribution in [0.3, 0.4) is 0 Å². The number of aryl methyl sites for hydroxylation is 1. The van der Waals surface area contributed by atoms with E-state index in [1.165, 1.54) is 91.9 Å². The molecule has 0 fully saturated rings. The lowest BCUT2D eigenvalue weighted by Crippen LogP contribution is -2.47. The Labute approximate surface area is 333 Å². The standard InChI is InChI=1S/C53H53N3/c1-34-49(37-17-7-5-8-18-37)54-52(38-19-9-6-10-20-38)55-50(34)40-21-15-22-41(32-40)56(4)51-43(30-31-45-44-24-13-14-25-47(44)53(2,3)48(45)51)39-29-28-36-27-26-35-16-11-12-23-42(35)46(36)33-39/h6-7,9-10,12-15,17-25,28-29,32-34,49-50H,5,8,11,16,26-27,30-31H2,1-4H3,(H,54,55)/t34-,49?,50?/m0/s1. The summed E-state index contributed by atoms with van der Waals surface area (Å²) >= 11 is 0. The molecule has 0 radical (unpaired) electrons. The van der Waals surface area contributed by atoms with Gasteiger partial charge in [-0.25, -0.2) is 0 Å². The highest BCUT2D eigenvalue weighted by Gasteiger charge is 2.43. The molecule has 3 heteroatoms. The van der Waals surface area contributed by atoms with Gasteiger partial charge in [0.1, 0.15) is 5.84 Å². The molecule has 0 aromatic heterocycles. The van der Waals surface area contributed by atoms with E-state index in [0.717, 1.165) is 43.5 Å². The van der Waals surface area contributed by atoms with Gasteiger partial charge in [-0.3, -0.25) is 4.99 Å². The Bertz CT molecular complexity index is 2460. The zero-order valence-electron chi connectivity index (χ0n) is 33.4. The lowest BCUT2D eigenvalue weighted by atomic mass is 9.74. The Morgan fingerprint density at radius 3 is 2.39 bits per heavy atom. The van der Waals surface area contributed by atoms with Crippen LogP contribution in [0.15, 0.2) is 155 Å². The fourth-order valence-electron chi connectivity index (χ4n) is 10.8. The summed E-state index contributed by atoms with van der Waals surface area (Å²) in [4.78, 5) is 8.04. The van der Waals surface area contributed by atoms with Gasteiger partial charge in [0.15, 0.2) is 0 Å². The summed E-state index contributed by atoms with van der Waals surface area (Å²) in [5.41, 5.74) is 21.0. The molecule has 6 aliphatic rings. The van der Waals surface area contributed by atoms with Gasteiger partial charge in [-0.2, -0.15) is 0 Å². The van der Waals surface area contributed by atoms with E-state index in [1.54, 1.807) is 5.57 Å². The number of hydrogen-bond acceptors (Lipinski definition) is 3. The normalized spacial score (nSPS) is 23.5. The van der Waals surface area contributed by atoms with Crippen LogP contribution in [0.4, 0.5) is 5.69 Å². The highest BCUT2D eigenvalue weighted by molar-refractivity contribution is 6.00. The second-order valence-electron chi connectivity index (χ2n) is 17.3. The number of hydrogen-bond donors (Lipinski definition) is 1. The van der Waals surface area contributed by atoms with Crippen LogP contribution in [-0.2, 0) is 11.8 Å². The number of anilines is 1. The van der Waals surface area contributed by atoms with Crippen LogP contribution in [0.25, 0.3) is 16.7 Å². The fraction of sp³-hybridized carbons (Fsp3) is 0.302. The van der Waals surface area contributed by atoms with Crippen LogP contribution < -0.4 is 10.2 Å². The van der Waals surface area contributed by atoms with Crippen molar-refractivity contribution >= 4 is 28.2 Å². The largest absolute Gasteiger partial charge is 0.363 e. The number of amidine groups is 1. The Morgan fingerprint density at radius 2 is 1.54 bits per heavy atom. The molecule has 0 bridgehead atoms. The number of nitrogens with zero attached hydrogens (tertiary/aromatic N) is 2. The number of fused-ring (bicyclic) bond motifs is 4. The molecule has 2 unspecified atom stereocenters. The maximum atomic E-state index is 5.51. The van der Waals surface area contributed by atoms with Gasteiger partial charge in [0.05, 0.1) is 12.1 Å². The predicted octanol–water partition coefficient (Wildman–Crippen LogP) is 12.5. The SMILES string of the molecule is C[C@H]1C(C2=CCCC=C2)NC(c2ccccc2)=NC1c1cccc(N(C)C2=C(c3ccc4c(c3)C3=C(CCC=C3)CC4)CCC3=C2C(C)(C)c2ccccc23)c1. The van der Waals surface area contributed by atoms with Gasteiger partial charge in [0.25, 0.3) is 0 Å². The molecule has 0 saturated carbocycles. The van der Waals surface area contributed by atoms with E-state index in [9.17, 15) is 0 Å². The van der Waals surface area contributed by atoms with Gasteiger partial charge in [0.2, 0.25) is 0 Å². The minimum absolute atomic E-state index is 0.00876. The van der Waals surface area contributed by atoms with Crippen LogP contribution in [0.5, 0.6) is 0 Å². The Morgan fingerprint density at radius 1 is 0.714 bits per heavy atom. The lowest BCUT2D eigenvalue weighted by molar-refractivity contribution is 0.376. The Kier molecular flexibility index (Phi) is 8.73. The zero-order chi connectivity index (χ0) is 38.0. The molecular weight excluding hydrogens is 679 g/mol. The van der Waals surface area contributed by atoms with Crippen molar-refractivity contribution < 1.29 is 0 Å². The van der Waals surface area contributed by atoms with E-state index < -0.39 is 0 Å². The number of rotatable bonds is 6. The summed E-state index contributed by atoms with van der Waals surface area (Å²) in [5, 5.41) is 3.88. The molecule has 3 nitrogen and oxygen atoms in total. The molecule has 4 aromatic rings. The molecule has 5 aliphatic carbocycles. The fourth-order valence-corrected chi connectivity index (χ4v) is 10.8. The topological polar surface area (TPSA) is 27.6 Å². The number of nitrogens with one attached hydrogen (secondary N) is 1. The molecule has 0 spiro atoms. The molecular formula is C53H53N3. The number of allylic oxidation sites excluding steroid dienone is 9. The molecule has 3 atom stereocenters. The molecule has 1 N–H and O–H groups in total. The van der Waals surface area contributed by atoms with Crippen LogP contribution >= 0.6 is 0 Å². The summed E-state index contributed by atoms with van der Waals surface area (Å²) in [5.74, 6) is 1.25. The highest BCUT2D eigenvalue weighted by atomic mass is 15.1. The van der Waals surface area contributed by atoms with Crippen LogP contribution in [-0.4, -0.2) is 18.9 Å². The van der Waals surface area contributed by atoms with E-state index >= 15 is 0 Å². The highest BCUT2D eigenvalue weighted by Crippen LogP contribution is 2.56. The summed E-state index contributed by atoms with van der Waals surface area (Å²) < 4.78 is 0. The number of aliphatic imine (C=N–C) groups is 1. The Balaban J connectivity index is 1.11. The van der Waals surface area contributed by atoms with Crippen molar-refractivity contribution in [2.75, 3.05) is 11.9 Å². The van der Waals surface area contributed by atoms with Crippen molar-refractivity contribution in [3.63, 3.8) is 0 Å². The first kappa shape index (κ1) is 35.0. The number of benzene rings is 4. The third-order valence-electron chi connectivity index (χ3n) is 13.7. The second kappa shape index (κ2) is 14.0. The van der Waals surface area contributed by atoms with Crippen molar-refractivity contribution in [1.29, 1.82) is 0 Å². The van der Waals surface area contributed by atoms with Crippen molar-refractivity contribution in [3.05, 3.63) is 189 Å². The second-order valence-corrected chi connectivity index (χ2v) is 17.3. The van der Waals surface area contributed by atoms with E-state index in [0.29, 0.717) is 0 Å². The summed E-state index contributed by atoms with van der Waals surface area (Å²) in [6, 6.07) is 36.8. The lowest BCUT2D eigenvalue weighted by Gasteiger charge is -2.39. The first-order valence-electron chi connectivity index (χ1n) is 21.1. The molecule has 1 aliphatic heterocycles. The summed E-state index contributed by atoms with van der Waals surface area (Å²) in [6.45, 7) is 7.27. The average molecular weight is 732 g/mol. The molecule has 0 amide bonds.